The first-order valence-corrected chi connectivity index (χ1v) is 6.10. The summed E-state index contributed by atoms with van der Waals surface area (Å²) < 4.78 is 5.21. The molecule has 0 aromatic heterocycles. The summed E-state index contributed by atoms with van der Waals surface area (Å²) >= 11 is 0. The van der Waals surface area contributed by atoms with E-state index in [0.717, 1.165) is 0 Å². The van der Waals surface area contributed by atoms with E-state index in [4.69, 9.17) is 9.84 Å². The zero-order valence-corrected chi connectivity index (χ0v) is 10.1. The van der Waals surface area contributed by atoms with Gasteiger partial charge in [-0.1, -0.05) is 0 Å². The summed E-state index contributed by atoms with van der Waals surface area (Å²) in [6.45, 7) is 1.81. The lowest BCUT2D eigenvalue weighted by molar-refractivity contribution is -0.141. The van der Waals surface area contributed by atoms with Gasteiger partial charge in [0.2, 0.25) is 0 Å². The number of rotatable bonds is 2. The van der Waals surface area contributed by atoms with Crippen molar-refractivity contribution in [2.45, 2.75) is 12.5 Å². The minimum absolute atomic E-state index is 0.137. The van der Waals surface area contributed by atoms with Gasteiger partial charge in [0, 0.05) is 19.6 Å². The molecule has 0 aromatic rings. The number of likely N-dealkylation sites (tertiary alicyclic amines) is 1. The minimum atomic E-state index is -0.856. The molecule has 18 heavy (non-hydrogen) atoms. The lowest BCUT2D eigenvalue weighted by atomic mass is 10.1. The molecule has 2 unspecified atom stereocenters. The Hall–Kier alpha value is -1.34. The van der Waals surface area contributed by atoms with Crippen LogP contribution in [0.4, 0.5) is 4.79 Å². The van der Waals surface area contributed by atoms with Crippen molar-refractivity contribution >= 4 is 12.0 Å². The predicted molar refractivity (Wildman–Crippen MR) is 61.1 cm³/mol. The number of hydrogen-bond donors (Lipinski definition) is 2. The molecular formula is C11H18N2O5. The van der Waals surface area contributed by atoms with Crippen LogP contribution in [0.3, 0.4) is 0 Å². The molecule has 2 fully saturated rings. The maximum Gasteiger partial charge on any atom is 0.320 e. The van der Waals surface area contributed by atoms with Gasteiger partial charge in [0.25, 0.3) is 0 Å². The largest absolute Gasteiger partial charge is 0.481 e. The third-order valence-electron chi connectivity index (χ3n) is 3.49. The Morgan fingerprint density at radius 1 is 1.33 bits per heavy atom. The highest BCUT2D eigenvalue weighted by Crippen LogP contribution is 2.19. The van der Waals surface area contributed by atoms with Crippen LogP contribution in [0.5, 0.6) is 0 Å². The lowest BCUT2D eigenvalue weighted by Crippen LogP contribution is -2.54. The lowest BCUT2D eigenvalue weighted by Gasteiger charge is -2.36. The van der Waals surface area contributed by atoms with Crippen LogP contribution in [0.15, 0.2) is 0 Å². The maximum absolute atomic E-state index is 12.2. The molecule has 0 radical (unpaired) electrons. The van der Waals surface area contributed by atoms with E-state index < -0.39 is 11.9 Å². The van der Waals surface area contributed by atoms with Crippen molar-refractivity contribution in [3.63, 3.8) is 0 Å². The molecule has 0 spiro atoms. The Balaban J connectivity index is 1.96. The molecule has 2 atom stereocenters. The van der Waals surface area contributed by atoms with Crippen molar-refractivity contribution in [2.24, 2.45) is 5.92 Å². The molecule has 2 N–H and O–H groups in total. The Kier molecular flexibility index (Phi) is 4.03. The van der Waals surface area contributed by atoms with Gasteiger partial charge in [0.05, 0.1) is 31.8 Å². The summed E-state index contributed by atoms with van der Waals surface area (Å²) in [5.41, 5.74) is 0. The van der Waals surface area contributed by atoms with E-state index in [1.807, 2.05) is 0 Å². The molecule has 102 valence electrons. The normalized spacial score (nSPS) is 28.5. The van der Waals surface area contributed by atoms with E-state index in [9.17, 15) is 14.7 Å². The van der Waals surface area contributed by atoms with Gasteiger partial charge in [-0.05, 0) is 6.42 Å². The van der Waals surface area contributed by atoms with Gasteiger partial charge >= 0.3 is 12.0 Å². The van der Waals surface area contributed by atoms with Crippen LogP contribution in [-0.4, -0.2) is 77.5 Å². The molecule has 7 heteroatoms. The fourth-order valence-corrected chi connectivity index (χ4v) is 2.38. The number of ether oxygens (including phenoxy) is 1. The second kappa shape index (κ2) is 5.53. The van der Waals surface area contributed by atoms with Gasteiger partial charge in [-0.3, -0.25) is 4.79 Å². The first kappa shape index (κ1) is 13.1. The van der Waals surface area contributed by atoms with Gasteiger partial charge < -0.3 is 24.7 Å². The summed E-state index contributed by atoms with van der Waals surface area (Å²) in [5.74, 6) is -1.33. The Labute approximate surface area is 105 Å². The van der Waals surface area contributed by atoms with Crippen molar-refractivity contribution in [3.8, 4) is 0 Å². The monoisotopic (exact) mass is 258 g/mol. The number of nitrogens with zero attached hydrogens (tertiary/aromatic N) is 2. The molecule has 7 nitrogen and oxygen atoms in total. The fourth-order valence-electron chi connectivity index (χ4n) is 2.38. The first-order valence-electron chi connectivity index (χ1n) is 6.10. The Morgan fingerprint density at radius 3 is 2.72 bits per heavy atom. The molecular weight excluding hydrogens is 240 g/mol. The van der Waals surface area contributed by atoms with Gasteiger partial charge in [-0.2, -0.15) is 0 Å². The average Bonchev–Trinajstić information content (AvgIpc) is 2.87. The van der Waals surface area contributed by atoms with Crippen molar-refractivity contribution in [2.75, 3.05) is 39.5 Å². The van der Waals surface area contributed by atoms with E-state index in [-0.39, 0.29) is 25.2 Å². The topological polar surface area (TPSA) is 90.3 Å². The van der Waals surface area contributed by atoms with Crippen LogP contribution in [0.1, 0.15) is 6.42 Å². The third kappa shape index (κ3) is 2.56. The highest BCUT2D eigenvalue weighted by atomic mass is 16.5. The third-order valence-corrected chi connectivity index (χ3v) is 3.49. The quantitative estimate of drug-likeness (QED) is 0.677. The number of aliphatic hydroxyl groups excluding tert-OH is 1. The number of carbonyl (C=O) groups is 2. The van der Waals surface area contributed by atoms with Crippen LogP contribution in [0, 0.1) is 5.92 Å². The van der Waals surface area contributed by atoms with Crippen LogP contribution in [-0.2, 0) is 9.53 Å². The highest BCUT2D eigenvalue weighted by Gasteiger charge is 2.36. The van der Waals surface area contributed by atoms with Gasteiger partial charge in [0.1, 0.15) is 0 Å². The fraction of sp³-hybridized carbons (Fsp3) is 0.818. The number of urea groups is 1. The molecule has 0 saturated carbocycles. The summed E-state index contributed by atoms with van der Waals surface area (Å²) in [6, 6.07) is -0.517. The second-order valence-corrected chi connectivity index (χ2v) is 4.66. The molecule has 2 aliphatic rings. The SMILES string of the molecule is O=C(O)C1CCN(C(=O)N2CCOCC2CO)C1. The van der Waals surface area contributed by atoms with Crippen molar-refractivity contribution in [1.29, 1.82) is 0 Å². The maximum atomic E-state index is 12.2. The van der Waals surface area contributed by atoms with Crippen molar-refractivity contribution in [3.05, 3.63) is 0 Å². The number of carboxylic acids is 1. The number of morpholine rings is 1. The number of carboxylic acid groups (broad SMARTS) is 1. The molecule has 2 saturated heterocycles. The van der Waals surface area contributed by atoms with Gasteiger partial charge in [0.15, 0.2) is 0 Å². The zero-order valence-electron chi connectivity index (χ0n) is 10.1. The molecule has 2 heterocycles. The minimum Gasteiger partial charge on any atom is -0.481 e. The summed E-state index contributed by atoms with van der Waals surface area (Å²) in [7, 11) is 0. The first-order chi connectivity index (χ1) is 8.63. The van der Waals surface area contributed by atoms with Crippen molar-refractivity contribution < 1.29 is 24.5 Å². The standard InChI is InChI=1S/C11H18N2O5/c14-6-9-7-18-4-3-13(9)11(17)12-2-1-8(5-12)10(15)16/h8-9,14H,1-7H2,(H,15,16). The van der Waals surface area contributed by atoms with Crippen molar-refractivity contribution in [1.82, 2.24) is 9.80 Å². The average molecular weight is 258 g/mol. The number of carbonyl (C=O) groups excluding carboxylic acids is 1. The molecule has 0 bridgehead atoms. The van der Waals surface area contributed by atoms with E-state index >= 15 is 0 Å². The van der Waals surface area contributed by atoms with Crippen LogP contribution in [0.2, 0.25) is 0 Å². The molecule has 2 rings (SSSR count). The number of amides is 2. The van der Waals surface area contributed by atoms with Crippen LogP contribution >= 0.6 is 0 Å². The van der Waals surface area contributed by atoms with Gasteiger partial charge in [-0.15, -0.1) is 0 Å². The van der Waals surface area contributed by atoms with Crippen LogP contribution in [0.25, 0.3) is 0 Å². The number of aliphatic hydroxyl groups is 1. The zero-order chi connectivity index (χ0) is 13.1. The predicted octanol–water partition coefficient (Wildman–Crippen LogP) is -0.794. The molecule has 0 aromatic carbocycles. The molecule has 0 aliphatic carbocycles. The smallest absolute Gasteiger partial charge is 0.320 e. The highest BCUT2D eigenvalue weighted by molar-refractivity contribution is 5.77. The number of hydrogen-bond acceptors (Lipinski definition) is 4. The van der Waals surface area contributed by atoms with E-state index in [0.29, 0.717) is 32.7 Å². The summed E-state index contributed by atoms with van der Waals surface area (Å²) in [5, 5.41) is 18.1. The van der Waals surface area contributed by atoms with Crippen LogP contribution < -0.4 is 0 Å². The van der Waals surface area contributed by atoms with E-state index in [2.05, 4.69) is 0 Å². The molecule has 2 amide bonds. The van der Waals surface area contributed by atoms with E-state index in [1.165, 1.54) is 0 Å². The Bertz CT molecular complexity index is 335. The molecule has 2 aliphatic heterocycles. The summed E-state index contributed by atoms with van der Waals surface area (Å²) in [6.07, 6.45) is 0.495. The number of aliphatic carboxylic acids is 1. The van der Waals surface area contributed by atoms with Gasteiger partial charge in [-0.25, -0.2) is 4.79 Å². The van der Waals surface area contributed by atoms with E-state index in [1.54, 1.807) is 9.80 Å². The summed E-state index contributed by atoms with van der Waals surface area (Å²) in [4.78, 5) is 26.2. The second-order valence-electron chi connectivity index (χ2n) is 4.66. The Morgan fingerprint density at radius 2 is 2.11 bits per heavy atom.